The first-order chi connectivity index (χ1) is 8.24. The quantitative estimate of drug-likeness (QED) is 0.601. The van der Waals surface area contributed by atoms with Crippen molar-refractivity contribution in [2.75, 3.05) is 0 Å². The van der Waals surface area contributed by atoms with Crippen molar-refractivity contribution < 1.29 is 0 Å². The fourth-order valence-corrected chi connectivity index (χ4v) is 1.69. The monoisotopic (exact) mass is 244 g/mol. The van der Waals surface area contributed by atoms with Gasteiger partial charge in [-0.3, -0.25) is 4.79 Å². The molecule has 0 fully saturated rings. The molecule has 0 N–H and O–H groups in total. The van der Waals surface area contributed by atoms with E-state index in [1.807, 2.05) is 6.07 Å². The fourth-order valence-electron chi connectivity index (χ4n) is 1.54. The van der Waals surface area contributed by atoms with Gasteiger partial charge in [-0.2, -0.15) is 0 Å². The molecule has 6 heteroatoms. The smallest absolute Gasteiger partial charge is 0.267 e. The number of nitrogens with zero attached hydrogens (tertiary/aromatic N) is 4. The summed E-state index contributed by atoms with van der Waals surface area (Å²) in [5, 5.41) is 7.88. The fraction of sp³-hybridized carbons (Fsp3) is 0. The topological polar surface area (TPSA) is 68.6 Å². The van der Waals surface area contributed by atoms with Gasteiger partial charge in [0, 0.05) is 0 Å². The lowest BCUT2D eigenvalue weighted by molar-refractivity contribution is 1.06. The molecule has 82 valence electrons. The number of para-hydroxylation sites is 2. The zero-order valence-electron chi connectivity index (χ0n) is 8.46. The van der Waals surface area contributed by atoms with Crippen molar-refractivity contribution in [2.24, 2.45) is 0 Å². The van der Waals surface area contributed by atoms with E-state index in [2.05, 4.69) is 20.2 Å². The van der Waals surface area contributed by atoms with E-state index < -0.39 is 5.56 Å². The molecule has 1 aromatic carbocycles. The molecule has 0 atom stereocenters. The normalized spacial score (nSPS) is 10.9. The van der Waals surface area contributed by atoms with Crippen LogP contribution in [-0.4, -0.2) is 20.2 Å². The molecule has 0 saturated heterocycles. The van der Waals surface area contributed by atoms with Crippen molar-refractivity contribution in [2.45, 2.75) is 0 Å². The van der Waals surface area contributed by atoms with Gasteiger partial charge in [-0.05, 0) is 18.2 Å². The Labute approximate surface area is 100 Å². The van der Waals surface area contributed by atoms with E-state index in [0.29, 0.717) is 11.0 Å². The predicted octanol–water partition coefficient (Wildman–Crippen LogP) is 1.59. The van der Waals surface area contributed by atoms with Crippen LogP contribution in [0.5, 0.6) is 0 Å². The zero-order chi connectivity index (χ0) is 11.8. The lowest BCUT2D eigenvalue weighted by Gasteiger charge is -1.89. The van der Waals surface area contributed by atoms with Gasteiger partial charge in [-0.25, -0.2) is 9.97 Å². The summed E-state index contributed by atoms with van der Waals surface area (Å²) in [5.41, 5.74) is 0.946. The molecule has 0 saturated carbocycles. The van der Waals surface area contributed by atoms with E-state index in [1.165, 1.54) is 6.07 Å². The molecule has 0 aliphatic heterocycles. The van der Waals surface area contributed by atoms with Gasteiger partial charge in [0.15, 0.2) is 10.8 Å². The molecule has 0 amide bonds. The van der Waals surface area contributed by atoms with Gasteiger partial charge in [0.2, 0.25) is 0 Å². The van der Waals surface area contributed by atoms with Crippen molar-refractivity contribution in [3.8, 4) is 0 Å². The van der Waals surface area contributed by atoms with Crippen LogP contribution in [0.25, 0.3) is 22.1 Å². The Kier molecular flexibility index (Phi) is 2.19. The molecule has 0 spiro atoms. The molecule has 0 radical (unpaired) electrons. The number of hydrogen-bond donors (Lipinski definition) is 0. The number of hydrogen-bond acceptors (Lipinski definition) is 5. The lowest BCUT2D eigenvalue weighted by Crippen LogP contribution is -2.03. The molecule has 3 rings (SSSR count). The molecule has 5 nitrogen and oxygen atoms in total. The molecular weight excluding hydrogens is 240 g/mol. The summed E-state index contributed by atoms with van der Waals surface area (Å²) in [6, 6.07) is 8.51. The van der Waals surface area contributed by atoms with E-state index in [9.17, 15) is 4.79 Å². The van der Waals surface area contributed by atoms with Crippen molar-refractivity contribution >= 4 is 33.7 Å². The highest BCUT2D eigenvalue weighted by Crippen LogP contribution is 2.11. The van der Waals surface area contributed by atoms with Crippen LogP contribution in [0.1, 0.15) is 0 Å². The van der Waals surface area contributed by atoms with Crippen LogP contribution in [-0.2, 0) is 0 Å². The standard InChI is InChI=1S/C11H5ClN4O/c12-9-5-6-10(16-15-9)13-7-3-1-2-4-8(7)14-11(6)17/h1-5H. The maximum atomic E-state index is 11.9. The largest absolute Gasteiger partial charge is 0.281 e. The average molecular weight is 245 g/mol. The van der Waals surface area contributed by atoms with E-state index >= 15 is 0 Å². The summed E-state index contributed by atoms with van der Waals surface area (Å²) in [6.45, 7) is 0. The third kappa shape index (κ3) is 1.70. The van der Waals surface area contributed by atoms with Crippen LogP contribution in [0.15, 0.2) is 35.1 Å². The Bertz CT molecular complexity index is 790. The summed E-state index contributed by atoms with van der Waals surface area (Å²) in [4.78, 5) is 20.1. The number of aromatic nitrogens is 4. The molecule has 0 aliphatic rings. The second-order valence-electron chi connectivity index (χ2n) is 3.42. The van der Waals surface area contributed by atoms with E-state index in [0.717, 1.165) is 0 Å². The Balaban J connectivity index is 2.61. The molecule has 2 aromatic heterocycles. The summed E-state index contributed by atoms with van der Waals surface area (Å²) in [5.74, 6) is 0. The van der Waals surface area contributed by atoms with Gasteiger partial charge < -0.3 is 0 Å². The minimum atomic E-state index is -0.412. The Morgan fingerprint density at radius 2 is 1.71 bits per heavy atom. The van der Waals surface area contributed by atoms with Crippen LogP contribution in [0.3, 0.4) is 0 Å². The van der Waals surface area contributed by atoms with Crippen LogP contribution in [0.2, 0.25) is 5.15 Å². The third-order valence-electron chi connectivity index (χ3n) is 2.31. The molecule has 0 aliphatic carbocycles. The van der Waals surface area contributed by atoms with Gasteiger partial charge in [0.05, 0.1) is 16.4 Å². The Morgan fingerprint density at radius 3 is 2.47 bits per heavy atom. The highest BCUT2D eigenvalue weighted by Gasteiger charge is 2.05. The molecule has 17 heavy (non-hydrogen) atoms. The second-order valence-corrected chi connectivity index (χ2v) is 3.81. The Hall–Kier alpha value is -2.14. The van der Waals surface area contributed by atoms with Crippen LogP contribution >= 0.6 is 11.6 Å². The summed E-state index contributed by atoms with van der Waals surface area (Å²) < 4.78 is 0. The SMILES string of the molecule is O=c1nc2ccccc2nc2nnc(Cl)cc12. The van der Waals surface area contributed by atoms with Crippen LogP contribution in [0, 0.1) is 0 Å². The first-order valence-electron chi connectivity index (χ1n) is 4.84. The van der Waals surface area contributed by atoms with Crippen molar-refractivity contribution in [3.05, 3.63) is 45.8 Å². The van der Waals surface area contributed by atoms with E-state index in [4.69, 9.17) is 11.6 Å². The lowest BCUT2D eigenvalue weighted by atomic mass is 10.3. The second kappa shape index (κ2) is 3.71. The zero-order valence-corrected chi connectivity index (χ0v) is 9.22. The van der Waals surface area contributed by atoms with Gasteiger partial charge in [0.1, 0.15) is 0 Å². The van der Waals surface area contributed by atoms with Gasteiger partial charge >= 0.3 is 0 Å². The number of fused-ring (bicyclic) bond motifs is 2. The van der Waals surface area contributed by atoms with Crippen molar-refractivity contribution in [1.82, 2.24) is 20.2 Å². The number of benzene rings is 1. The highest BCUT2D eigenvalue weighted by molar-refractivity contribution is 6.29. The molecule has 0 bridgehead atoms. The first-order valence-corrected chi connectivity index (χ1v) is 5.22. The van der Waals surface area contributed by atoms with Crippen molar-refractivity contribution in [3.63, 3.8) is 0 Å². The number of rotatable bonds is 0. The van der Waals surface area contributed by atoms with Crippen LogP contribution in [0.4, 0.5) is 0 Å². The van der Waals surface area contributed by atoms with Gasteiger partial charge in [-0.1, -0.05) is 23.7 Å². The van der Waals surface area contributed by atoms with E-state index in [1.54, 1.807) is 18.2 Å². The summed E-state index contributed by atoms with van der Waals surface area (Å²) >= 11 is 5.70. The summed E-state index contributed by atoms with van der Waals surface area (Å²) in [7, 11) is 0. The third-order valence-corrected chi connectivity index (χ3v) is 2.49. The molecule has 3 aromatic rings. The maximum Gasteiger partial charge on any atom is 0.281 e. The molecule has 0 unspecified atom stereocenters. The minimum Gasteiger partial charge on any atom is -0.267 e. The summed E-state index contributed by atoms with van der Waals surface area (Å²) in [6.07, 6.45) is 0. The van der Waals surface area contributed by atoms with E-state index in [-0.39, 0.29) is 16.2 Å². The minimum absolute atomic E-state index is 0.147. The highest BCUT2D eigenvalue weighted by atomic mass is 35.5. The number of halogens is 1. The Morgan fingerprint density at radius 1 is 1.00 bits per heavy atom. The van der Waals surface area contributed by atoms with Gasteiger partial charge in [-0.15, -0.1) is 10.2 Å². The average Bonchev–Trinajstić information content (AvgIpc) is 2.46. The first kappa shape index (κ1) is 10.0. The predicted molar refractivity (Wildman–Crippen MR) is 63.9 cm³/mol. The van der Waals surface area contributed by atoms with Crippen molar-refractivity contribution in [1.29, 1.82) is 0 Å². The molecule has 2 heterocycles. The van der Waals surface area contributed by atoms with Gasteiger partial charge in [0.25, 0.3) is 5.56 Å². The van der Waals surface area contributed by atoms with Crippen LogP contribution < -0.4 is 5.56 Å². The maximum absolute atomic E-state index is 11.9. The molecular formula is C11H5ClN4O.